The van der Waals surface area contributed by atoms with Crippen LogP contribution >= 0.6 is 0 Å². The van der Waals surface area contributed by atoms with Crippen LogP contribution in [-0.2, 0) is 0 Å². The molecule has 0 radical (unpaired) electrons. The highest BCUT2D eigenvalue weighted by Gasteiger charge is 2.09. The van der Waals surface area contributed by atoms with Gasteiger partial charge in [-0.25, -0.2) is 0 Å². The van der Waals surface area contributed by atoms with Gasteiger partial charge in [-0.2, -0.15) is 0 Å². The summed E-state index contributed by atoms with van der Waals surface area (Å²) in [6.07, 6.45) is -0.466. The molecule has 0 fully saturated rings. The number of benzene rings is 1. The van der Waals surface area contributed by atoms with Crippen molar-refractivity contribution in [3.63, 3.8) is 0 Å². The molecule has 4 nitrogen and oxygen atoms in total. The van der Waals surface area contributed by atoms with E-state index >= 15 is 0 Å². The average molecular weight is 253 g/mol. The van der Waals surface area contributed by atoms with E-state index in [1.165, 1.54) is 0 Å². The van der Waals surface area contributed by atoms with E-state index < -0.39 is 6.10 Å². The van der Waals surface area contributed by atoms with Crippen molar-refractivity contribution in [1.82, 2.24) is 4.90 Å². The minimum Gasteiger partial charge on any atom is -0.497 e. The molecule has 0 aliphatic heterocycles. The normalized spacial score (nSPS) is 12.5. The maximum atomic E-state index is 9.85. The van der Waals surface area contributed by atoms with E-state index in [4.69, 9.17) is 9.47 Å². The Bertz CT molecular complexity index is 322. The molecule has 18 heavy (non-hydrogen) atoms. The lowest BCUT2D eigenvalue weighted by Crippen LogP contribution is -2.35. The highest BCUT2D eigenvalue weighted by atomic mass is 16.5. The van der Waals surface area contributed by atoms with E-state index in [1.54, 1.807) is 7.11 Å². The lowest BCUT2D eigenvalue weighted by molar-refractivity contribution is 0.0716. The zero-order valence-electron chi connectivity index (χ0n) is 11.4. The van der Waals surface area contributed by atoms with Crippen molar-refractivity contribution in [1.29, 1.82) is 0 Å². The van der Waals surface area contributed by atoms with Gasteiger partial charge in [0.1, 0.15) is 24.2 Å². The molecule has 0 unspecified atom stereocenters. The van der Waals surface area contributed by atoms with Crippen molar-refractivity contribution >= 4 is 0 Å². The van der Waals surface area contributed by atoms with Crippen molar-refractivity contribution in [2.24, 2.45) is 0 Å². The first kappa shape index (κ1) is 14.8. The van der Waals surface area contributed by atoms with Gasteiger partial charge >= 0.3 is 0 Å². The lowest BCUT2D eigenvalue weighted by Gasteiger charge is -2.21. The topological polar surface area (TPSA) is 41.9 Å². The average Bonchev–Trinajstić information content (AvgIpc) is 2.43. The Morgan fingerprint density at radius 2 is 1.67 bits per heavy atom. The summed E-state index contributed by atoms with van der Waals surface area (Å²) < 4.78 is 10.6. The predicted octanol–water partition coefficient (Wildman–Crippen LogP) is 1.78. The zero-order chi connectivity index (χ0) is 13.4. The van der Waals surface area contributed by atoms with Crippen molar-refractivity contribution in [3.05, 3.63) is 24.3 Å². The first-order valence-corrected chi connectivity index (χ1v) is 6.36. The number of rotatable bonds is 8. The Morgan fingerprint density at radius 1 is 1.11 bits per heavy atom. The zero-order valence-corrected chi connectivity index (χ0v) is 11.4. The molecule has 102 valence electrons. The molecule has 0 saturated carbocycles. The summed E-state index contributed by atoms with van der Waals surface area (Å²) in [6, 6.07) is 7.35. The van der Waals surface area contributed by atoms with Crippen LogP contribution in [0.1, 0.15) is 13.8 Å². The summed E-state index contributed by atoms with van der Waals surface area (Å²) in [6.45, 7) is 7.00. The van der Waals surface area contributed by atoms with Crippen LogP contribution in [0.15, 0.2) is 24.3 Å². The molecule has 1 aromatic carbocycles. The smallest absolute Gasteiger partial charge is 0.119 e. The van der Waals surface area contributed by atoms with Gasteiger partial charge < -0.3 is 19.5 Å². The van der Waals surface area contributed by atoms with Crippen molar-refractivity contribution < 1.29 is 14.6 Å². The molecule has 0 bridgehead atoms. The van der Waals surface area contributed by atoms with Gasteiger partial charge in [-0.05, 0) is 37.4 Å². The molecule has 0 spiro atoms. The largest absolute Gasteiger partial charge is 0.497 e. The van der Waals surface area contributed by atoms with Crippen molar-refractivity contribution in [2.75, 3.05) is 33.4 Å². The van der Waals surface area contributed by atoms with Crippen LogP contribution in [0.4, 0.5) is 0 Å². The van der Waals surface area contributed by atoms with Gasteiger partial charge in [-0.3, -0.25) is 0 Å². The Kier molecular flexibility index (Phi) is 6.54. The highest BCUT2D eigenvalue weighted by Crippen LogP contribution is 2.17. The molecule has 0 amide bonds. The summed E-state index contributed by atoms with van der Waals surface area (Å²) in [5.74, 6) is 1.54. The van der Waals surface area contributed by atoms with E-state index in [1.807, 2.05) is 24.3 Å². The summed E-state index contributed by atoms with van der Waals surface area (Å²) in [5.41, 5.74) is 0. The summed E-state index contributed by atoms with van der Waals surface area (Å²) in [7, 11) is 1.63. The van der Waals surface area contributed by atoms with E-state index in [9.17, 15) is 5.11 Å². The fourth-order valence-electron chi connectivity index (χ4n) is 1.70. The first-order valence-electron chi connectivity index (χ1n) is 6.36. The molecule has 0 aliphatic carbocycles. The van der Waals surface area contributed by atoms with Crippen molar-refractivity contribution in [3.8, 4) is 11.5 Å². The van der Waals surface area contributed by atoms with Crippen LogP contribution in [0.5, 0.6) is 11.5 Å². The fraction of sp³-hybridized carbons (Fsp3) is 0.571. The second kappa shape index (κ2) is 7.95. The van der Waals surface area contributed by atoms with E-state index in [0.29, 0.717) is 13.2 Å². The molecule has 4 heteroatoms. The lowest BCUT2D eigenvalue weighted by atomic mass is 10.3. The molecule has 0 heterocycles. The third kappa shape index (κ3) is 4.94. The minimum absolute atomic E-state index is 0.308. The van der Waals surface area contributed by atoms with E-state index in [2.05, 4.69) is 18.7 Å². The summed E-state index contributed by atoms with van der Waals surface area (Å²) in [4.78, 5) is 2.17. The molecule has 0 saturated heterocycles. The maximum Gasteiger partial charge on any atom is 0.119 e. The van der Waals surface area contributed by atoms with Crippen LogP contribution in [0, 0.1) is 0 Å². The number of hydrogen-bond acceptors (Lipinski definition) is 4. The van der Waals surface area contributed by atoms with Gasteiger partial charge in [0.05, 0.1) is 7.11 Å². The van der Waals surface area contributed by atoms with Gasteiger partial charge in [0.15, 0.2) is 0 Å². The van der Waals surface area contributed by atoms with Crippen LogP contribution in [0.25, 0.3) is 0 Å². The SMILES string of the molecule is CCN(CC)C[C@@H](O)COc1ccc(OC)cc1. The maximum absolute atomic E-state index is 9.85. The van der Waals surface area contributed by atoms with Gasteiger partial charge in [0.2, 0.25) is 0 Å². The number of hydrogen-bond donors (Lipinski definition) is 1. The third-order valence-electron chi connectivity index (χ3n) is 2.87. The number of nitrogens with zero attached hydrogens (tertiary/aromatic N) is 1. The Balaban J connectivity index is 2.34. The van der Waals surface area contributed by atoms with Gasteiger partial charge in [0.25, 0.3) is 0 Å². The Labute approximate surface area is 109 Å². The molecular formula is C14H23NO3. The minimum atomic E-state index is -0.466. The molecule has 1 N–H and O–H groups in total. The third-order valence-corrected chi connectivity index (χ3v) is 2.87. The number of aliphatic hydroxyl groups is 1. The second-order valence-electron chi connectivity index (χ2n) is 4.13. The molecular weight excluding hydrogens is 230 g/mol. The molecule has 1 atom stereocenters. The molecule has 0 aliphatic rings. The predicted molar refractivity (Wildman–Crippen MR) is 72.3 cm³/mol. The summed E-state index contributed by atoms with van der Waals surface area (Å²) >= 11 is 0. The van der Waals surface area contributed by atoms with E-state index in [0.717, 1.165) is 24.6 Å². The van der Waals surface area contributed by atoms with Gasteiger partial charge in [-0.1, -0.05) is 13.8 Å². The molecule has 1 aromatic rings. The number of likely N-dealkylation sites (N-methyl/N-ethyl adjacent to an activating group) is 1. The quantitative estimate of drug-likeness (QED) is 0.767. The number of ether oxygens (including phenoxy) is 2. The van der Waals surface area contributed by atoms with Crippen LogP contribution in [0.2, 0.25) is 0 Å². The van der Waals surface area contributed by atoms with Crippen LogP contribution in [0.3, 0.4) is 0 Å². The van der Waals surface area contributed by atoms with Crippen LogP contribution < -0.4 is 9.47 Å². The number of aliphatic hydroxyl groups excluding tert-OH is 1. The highest BCUT2D eigenvalue weighted by molar-refractivity contribution is 5.31. The molecule has 0 aromatic heterocycles. The fourth-order valence-corrected chi connectivity index (χ4v) is 1.70. The van der Waals surface area contributed by atoms with Crippen molar-refractivity contribution in [2.45, 2.75) is 20.0 Å². The monoisotopic (exact) mass is 253 g/mol. The van der Waals surface area contributed by atoms with Gasteiger partial charge in [-0.15, -0.1) is 0 Å². The first-order chi connectivity index (χ1) is 8.69. The Hall–Kier alpha value is -1.26. The van der Waals surface area contributed by atoms with Crippen LogP contribution in [-0.4, -0.2) is 49.5 Å². The summed E-state index contributed by atoms with van der Waals surface area (Å²) in [5, 5.41) is 9.85. The molecule has 1 rings (SSSR count). The van der Waals surface area contributed by atoms with Gasteiger partial charge in [0, 0.05) is 6.54 Å². The standard InChI is InChI=1S/C14H23NO3/c1-4-15(5-2)10-12(16)11-18-14-8-6-13(17-3)7-9-14/h6-9,12,16H,4-5,10-11H2,1-3H3/t12-/m1/s1. The second-order valence-corrected chi connectivity index (χ2v) is 4.13. The number of methoxy groups -OCH3 is 1. The van der Waals surface area contributed by atoms with E-state index in [-0.39, 0.29) is 0 Å². The Morgan fingerprint density at radius 3 is 2.17 bits per heavy atom.